The Morgan fingerprint density at radius 2 is 1.65 bits per heavy atom. The highest BCUT2D eigenvalue weighted by Gasteiger charge is 2.18. The van der Waals surface area contributed by atoms with Crippen molar-refractivity contribution in [1.82, 2.24) is 10.2 Å². The number of benzene rings is 3. The monoisotopic (exact) mass is 449 g/mol. The number of carbonyl (C=O) groups excluding carboxylic acids is 1. The third-order valence-corrected chi connectivity index (χ3v) is 5.52. The average molecular weight is 449 g/mol. The third kappa shape index (κ3) is 3.91. The summed E-state index contributed by atoms with van der Waals surface area (Å²) in [5.74, 6) is 0.0210. The number of fused-ring (bicyclic) bond motifs is 1. The number of para-hydroxylation sites is 1. The Bertz CT molecular complexity index is 1630. The lowest BCUT2D eigenvalue weighted by atomic mass is 10.0. The lowest BCUT2D eigenvalue weighted by molar-refractivity contribution is 0.102. The molecule has 0 saturated heterocycles. The molecule has 5 rings (SSSR count). The van der Waals surface area contributed by atoms with Crippen molar-refractivity contribution in [3.05, 3.63) is 117 Å². The van der Waals surface area contributed by atoms with E-state index in [2.05, 4.69) is 15.5 Å². The first-order chi connectivity index (χ1) is 16.5. The Balaban J connectivity index is 1.55. The molecule has 0 aliphatic rings. The molecule has 2 N–H and O–H groups in total. The van der Waals surface area contributed by atoms with Crippen LogP contribution >= 0.6 is 0 Å². The molecule has 0 atom stereocenters. The second kappa shape index (κ2) is 8.63. The molecule has 0 bridgehead atoms. The standard InChI is InChI=1S/C27H19N3O4/c1-16-24(32)20-11-6-12-21(26(20)34-25(16)17-7-3-2-4-8-17)27(33)28-19-10-5-9-18(15-19)22-13-14-23(31)30-29-22/h2-15H,1H3,(H,28,33)(H,30,31). The SMILES string of the molecule is Cc1c(-c2ccccc2)oc2c(C(=O)Nc3cccc(-c4ccc(=O)[nH]n4)c3)cccc2c1=O. The molecule has 5 aromatic rings. The fourth-order valence-corrected chi connectivity index (χ4v) is 3.81. The molecule has 0 aliphatic carbocycles. The first-order valence-corrected chi connectivity index (χ1v) is 10.6. The maximum absolute atomic E-state index is 13.2. The molecule has 2 heterocycles. The minimum absolute atomic E-state index is 0.180. The van der Waals surface area contributed by atoms with Gasteiger partial charge in [-0.1, -0.05) is 48.5 Å². The summed E-state index contributed by atoms with van der Waals surface area (Å²) in [6, 6.07) is 24.3. The predicted molar refractivity (Wildman–Crippen MR) is 131 cm³/mol. The van der Waals surface area contributed by atoms with Crippen molar-refractivity contribution in [3.8, 4) is 22.6 Å². The van der Waals surface area contributed by atoms with Gasteiger partial charge in [-0.15, -0.1) is 0 Å². The summed E-state index contributed by atoms with van der Waals surface area (Å²) in [7, 11) is 0. The topological polar surface area (TPSA) is 105 Å². The molecule has 3 aromatic carbocycles. The number of anilines is 1. The molecule has 2 aromatic heterocycles. The van der Waals surface area contributed by atoms with Gasteiger partial charge in [0, 0.05) is 28.4 Å². The van der Waals surface area contributed by atoms with Crippen LogP contribution in [0, 0.1) is 6.92 Å². The fourth-order valence-electron chi connectivity index (χ4n) is 3.81. The van der Waals surface area contributed by atoms with E-state index < -0.39 is 5.91 Å². The summed E-state index contributed by atoms with van der Waals surface area (Å²) in [5, 5.41) is 9.63. The minimum Gasteiger partial charge on any atom is -0.455 e. The van der Waals surface area contributed by atoms with Crippen LogP contribution < -0.4 is 16.3 Å². The van der Waals surface area contributed by atoms with E-state index in [1.54, 1.807) is 49.4 Å². The van der Waals surface area contributed by atoms with Gasteiger partial charge in [-0.25, -0.2) is 5.10 Å². The Kier molecular flexibility index (Phi) is 5.35. The van der Waals surface area contributed by atoms with Gasteiger partial charge in [0.2, 0.25) is 0 Å². The lowest BCUT2D eigenvalue weighted by Crippen LogP contribution is -2.15. The van der Waals surface area contributed by atoms with E-state index in [0.29, 0.717) is 28.1 Å². The van der Waals surface area contributed by atoms with Crippen LogP contribution in [0.5, 0.6) is 0 Å². The van der Waals surface area contributed by atoms with Gasteiger partial charge in [0.05, 0.1) is 16.6 Å². The Morgan fingerprint density at radius 3 is 2.41 bits per heavy atom. The zero-order valence-corrected chi connectivity index (χ0v) is 18.2. The van der Waals surface area contributed by atoms with Crippen molar-refractivity contribution in [1.29, 1.82) is 0 Å². The largest absolute Gasteiger partial charge is 0.455 e. The number of H-pyrrole nitrogens is 1. The molecular formula is C27H19N3O4. The molecule has 0 fully saturated rings. The number of hydrogen-bond acceptors (Lipinski definition) is 5. The Hall–Kier alpha value is -4.78. The maximum Gasteiger partial charge on any atom is 0.264 e. The zero-order chi connectivity index (χ0) is 23.7. The van der Waals surface area contributed by atoms with Gasteiger partial charge < -0.3 is 9.73 Å². The molecule has 7 heteroatoms. The van der Waals surface area contributed by atoms with Crippen LogP contribution in [-0.2, 0) is 0 Å². The van der Waals surface area contributed by atoms with Crippen molar-refractivity contribution in [2.45, 2.75) is 6.92 Å². The van der Waals surface area contributed by atoms with Crippen molar-refractivity contribution in [2.75, 3.05) is 5.32 Å². The average Bonchev–Trinajstić information content (AvgIpc) is 2.87. The molecule has 0 aliphatic heterocycles. The van der Waals surface area contributed by atoms with Gasteiger partial charge in [-0.3, -0.25) is 14.4 Å². The molecule has 1 amide bonds. The van der Waals surface area contributed by atoms with Gasteiger partial charge in [-0.2, -0.15) is 5.10 Å². The van der Waals surface area contributed by atoms with Crippen molar-refractivity contribution >= 4 is 22.6 Å². The molecular weight excluding hydrogens is 430 g/mol. The first-order valence-electron chi connectivity index (χ1n) is 10.6. The molecule has 0 unspecified atom stereocenters. The van der Waals surface area contributed by atoms with Gasteiger partial charge in [0.15, 0.2) is 11.0 Å². The third-order valence-electron chi connectivity index (χ3n) is 5.52. The number of hydrogen-bond donors (Lipinski definition) is 2. The van der Waals surface area contributed by atoms with Gasteiger partial charge >= 0.3 is 0 Å². The van der Waals surface area contributed by atoms with E-state index >= 15 is 0 Å². The molecule has 0 radical (unpaired) electrons. The quantitative estimate of drug-likeness (QED) is 0.411. The van der Waals surface area contributed by atoms with E-state index in [1.165, 1.54) is 6.07 Å². The number of nitrogens with one attached hydrogen (secondary N) is 2. The van der Waals surface area contributed by atoms with E-state index in [-0.39, 0.29) is 22.1 Å². The normalized spacial score (nSPS) is 10.9. The number of nitrogens with zero attached hydrogens (tertiary/aromatic N) is 1. The summed E-state index contributed by atoms with van der Waals surface area (Å²) in [6.45, 7) is 1.72. The van der Waals surface area contributed by atoms with Gasteiger partial charge in [-0.05, 0) is 37.3 Å². The van der Waals surface area contributed by atoms with Crippen LogP contribution in [0.2, 0.25) is 0 Å². The minimum atomic E-state index is -0.414. The number of rotatable bonds is 4. The number of aromatic amines is 1. The van der Waals surface area contributed by atoms with Crippen molar-refractivity contribution < 1.29 is 9.21 Å². The van der Waals surface area contributed by atoms with Crippen LogP contribution in [-0.4, -0.2) is 16.1 Å². The van der Waals surface area contributed by atoms with Crippen LogP contribution in [0.4, 0.5) is 5.69 Å². The lowest BCUT2D eigenvalue weighted by Gasteiger charge is -2.11. The Labute approximate surface area is 193 Å². The zero-order valence-electron chi connectivity index (χ0n) is 18.2. The number of aromatic nitrogens is 2. The fraction of sp³-hybridized carbons (Fsp3) is 0.0370. The van der Waals surface area contributed by atoms with E-state index in [4.69, 9.17) is 4.42 Å². The van der Waals surface area contributed by atoms with Crippen LogP contribution in [0.1, 0.15) is 15.9 Å². The summed E-state index contributed by atoms with van der Waals surface area (Å²) < 4.78 is 6.15. The predicted octanol–water partition coefficient (Wildman–Crippen LogP) is 4.77. The van der Waals surface area contributed by atoms with Crippen LogP contribution in [0.25, 0.3) is 33.6 Å². The second-order valence-electron chi connectivity index (χ2n) is 7.77. The second-order valence-corrected chi connectivity index (χ2v) is 7.77. The molecule has 0 spiro atoms. The molecule has 166 valence electrons. The summed E-state index contributed by atoms with van der Waals surface area (Å²) in [5.41, 5.74) is 3.07. The summed E-state index contributed by atoms with van der Waals surface area (Å²) >= 11 is 0. The molecule has 0 saturated carbocycles. The maximum atomic E-state index is 13.2. The highest BCUT2D eigenvalue weighted by atomic mass is 16.3. The van der Waals surface area contributed by atoms with E-state index in [0.717, 1.165) is 11.1 Å². The summed E-state index contributed by atoms with van der Waals surface area (Å²) in [4.78, 5) is 37.6. The van der Waals surface area contributed by atoms with Crippen molar-refractivity contribution in [3.63, 3.8) is 0 Å². The van der Waals surface area contributed by atoms with E-state index in [1.807, 2.05) is 36.4 Å². The van der Waals surface area contributed by atoms with Crippen molar-refractivity contribution in [2.24, 2.45) is 0 Å². The van der Waals surface area contributed by atoms with Crippen LogP contribution in [0.15, 0.2) is 98.9 Å². The highest BCUT2D eigenvalue weighted by Crippen LogP contribution is 2.28. The van der Waals surface area contributed by atoms with Crippen LogP contribution in [0.3, 0.4) is 0 Å². The molecule has 34 heavy (non-hydrogen) atoms. The molecule has 7 nitrogen and oxygen atoms in total. The van der Waals surface area contributed by atoms with Gasteiger partial charge in [0.25, 0.3) is 11.5 Å². The van der Waals surface area contributed by atoms with E-state index in [9.17, 15) is 14.4 Å². The highest BCUT2D eigenvalue weighted by molar-refractivity contribution is 6.11. The summed E-state index contributed by atoms with van der Waals surface area (Å²) in [6.07, 6.45) is 0. The first kappa shape index (κ1) is 21.1. The number of carbonyl (C=O) groups is 1. The smallest absolute Gasteiger partial charge is 0.264 e. The Morgan fingerprint density at radius 1 is 0.882 bits per heavy atom. The van der Waals surface area contributed by atoms with Gasteiger partial charge in [0.1, 0.15) is 5.76 Å². The number of amides is 1.